The Morgan fingerprint density at radius 1 is 1.07 bits per heavy atom. The molecule has 0 spiro atoms. The van der Waals surface area contributed by atoms with Crippen LogP contribution in [0.1, 0.15) is 88.2 Å². The van der Waals surface area contributed by atoms with E-state index in [1.807, 2.05) is 22.6 Å². The van der Waals surface area contributed by atoms with Gasteiger partial charge in [-0.05, 0) is 32.6 Å². The van der Waals surface area contributed by atoms with Crippen LogP contribution < -0.4 is 0 Å². The van der Waals surface area contributed by atoms with E-state index in [1.54, 1.807) is 6.20 Å². The van der Waals surface area contributed by atoms with E-state index < -0.39 is 0 Å². The Kier molecular flexibility index (Phi) is 5.51. The molecule has 2 aliphatic rings. The fourth-order valence-electron chi connectivity index (χ4n) is 4.65. The number of likely N-dealkylation sites (tertiary alicyclic amines) is 1. The number of carbonyl (C=O) groups is 1. The Morgan fingerprint density at radius 2 is 1.86 bits per heavy atom. The van der Waals surface area contributed by atoms with E-state index in [4.69, 9.17) is 0 Å². The van der Waals surface area contributed by atoms with E-state index in [0.717, 1.165) is 56.4 Å². The molecule has 2 aromatic heterocycles. The van der Waals surface area contributed by atoms with E-state index in [2.05, 4.69) is 33.6 Å². The van der Waals surface area contributed by atoms with Crippen LogP contribution in [-0.2, 0) is 17.8 Å². The third-order valence-electron chi connectivity index (χ3n) is 6.30. The number of nitrogens with zero attached hydrogens (tertiary/aromatic N) is 6. The minimum Gasteiger partial charge on any atom is -0.341 e. The third-order valence-corrected chi connectivity index (χ3v) is 6.30. The number of hydrogen-bond donors (Lipinski definition) is 0. The second-order valence-corrected chi connectivity index (χ2v) is 8.56. The van der Waals surface area contributed by atoms with E-state index in [0.29, 0.717) is 11.8 Å². The maximum atomic E-state index is 13.1. The number of rotatable bonds is 4. The molecule has 1 amide bonds. The first kappa shape index (κ1) is 19.2. The molecule has 0 radical (unpaired) electrons. The summed E-state index contributed by atoms with van der Waals surface area (Å²) in [7, 11) is 0. The molecule has 0 bridgehead atoms. The van der Waals surface area contributed by atoms with Gasteiger partial charge < -0.3 is 14.0 Å². The van der Waals surface area contributed by atoms with Gasteiger partial charge in [0, 0.05) is 50.3 Å². The monoisotopic (exact) mass is 384 g/mol. The summed E-state index contributed by atoms with van der Waals surface area (Å²) >= 11 is 0. The molecule has 0 aliphatic carbocycles. The van der Waals surface area contributed by atoms with Gasteiger partial charge in [0.25, 0.3) is 0 Å². The number of fused-ring (bicyclic) bond motifs is 1. The van der Waals surface area contributed by atoms with Gasteiger partial charge in [0.1, 0.15) is 23.5 Å². The van der Waals surface area contributed by atoms with Gasteiger partial charge in [0.05, 0.1) is 0 Å². The molecule has 7 heteroatoms. The van der Waals surface area contributed by atoms with Gasteiger partial charge >= 0.3 is 0 Å². The van der Waals surface area contributed by atoms with Gasteiger partial charge in [0.2, 0.25) is 5.91 Å². The van der Waals surface area contributed by atoms with Crippen LogP contribution in [0.3, 0.4) is 0 Å². The van der Waals surface area contributed by atoms with Crippen LogP contribution in [0, 0.1) is 0 Å². The van der Waals surface area contributed by atoms with E-state index in [-0.39, 0.29) is 11.9 Å². The molecule has 28 heavy (non-hydrogen) atoms. The molecule has 152 valence electrons. The van der Waals surface area contributed by atoms with E-state index in [1.165, 1.54) is 19.3 Å². The van der Waals surface area contributed by atoms with Crippen LogP contribution in [0.25, 0.3) is 0 Å². The van der Waals surface area contributed by atoms with Crippen LogP contribution in [0.4, 0.5) is 0 Å². The third kappa shape index (κ3) is 3.59. The predicted octanol–water partition coefficient (Wildman–Crippen LogP) is 3.29. The fraction of sp³-hybridized carbons (Fsp3) is 0.714. The zero-order valence-corrected chi connectivity index (χ0v) is 17.3. The Morgan fingerprint density at radius 3 is 2.61 bits per heavy atom. The highest BCUT2D eigenvalue weighted by Crippen LogP contribution is 2.30. The molecule has 7 nitrogen and oxygen atoms in total. The van der Waals surface area contributed by atoms with Crippen LogP contribution in [-0.4, -0.2) is 48.2 Å². The average molecular weight is 385 g/mol. The maximum absolute atomic E-state index is 13.1. The largest absolute Gasteiger partial charge is 0.341 e. The Balaban J connectivity index is 1.41. The number of amides is 1. The van der Waals surface area contributed by atoms with Crippen LogP contribution in [0.2, 0.25) is 0 Å². The second-order valence-electron chi connectivity index (χ2n) is 8.56. The molecule has 1 fully saturated rings. The summed E-state index contributed by atoms with van der Waals surface area (Å²) in [6.45, 7) is 8.85. The topological polar surface area (TPSA) is 68.8 Å². The van der Waals surface area contributed by atoms with Crippen molar-refractivity contribution in [3.05, 3.63) is 29.9 Å². The SMILES string of the molecule is CC(C)c1nccn1C(C)C(=O)N1CCC(c2nnc3n2CCCCC3)CC1. The normalized spacial score (nSPS) is 19.5. The van der Waals surface area contributed by atoms with E-state index >= 15 is 0 Å². The lowest BCUT2D eigenvalue weighted by Gasteiger charge is -2.34. The van der Waals surface area contributed by atoms with Crippen molar-refractivity contribution in [3.8, 4) is 0 Å². The minimum absolute atomic E-state index is 0.193. The summed E-state index contributed by atoms with van der Waals surface area (Å²) < 4.78 is 4.38. The summed E-state index contributed by atoms with van der Waals surface area (Å²) in [6, 6.07) is -0.208. The standard InChI is InChI=1S/C21H32N6O/c1-15(2)19-22-10-14-26(19)16(3)21(28)25-12-8-17(9-13-25)20-24-23-18-7-5-4-6-11-27(18)20/h10,14-17H,4-9,11-13H2,1-3H3. The Hall–Kier alpha value is -2.18. The van der Waals surface area contributed by atoms with Crippen LogP contribution in [0.15, 0.2) is 12.4 Å². The summed E-state index contributed by atoms with van der Waals surface area (Å²) in [4.78, 5) is 19.5. The van der Waals surface area contributed by atoms with Crippen molar-refractivity contribution in [1.82, 2.24) is 29.2 Å². The smallest absolute Gasteiger partial charge is 0.245 e. The van der Waals surface area contributed by atoms with Crippen molar-refractivity contribution in [1.29, 1.82) is 0 Å². The first-order valence-electron chi connectivity index (χ1n) is 10.8. The Bertz CT molecular complexity index is 815. The quantitative estimate of drug-likeness (QED) is 0.811. The summed E-state index contributed by atoms with van der Waals surface area (Å²) in [5.41, 5.74) is 0. The second kappa shape index (κ2) is 8.05. The molecule has 4 heterocycles. The number of aryl methyl sites for hydroxylation is 1. The van der Waals surface area contributed by atoms with Crippen molar-refractivity contribution in [3.63, 3.8) is 0 Å². The lowest BCUT2D eigenvalue weighted by atomic mass is 9.95. The van der Waals surface area contributed by atoms with Crippen LogP contribution in [0.5, 0.6) is 0 Å². The zero-order chi connectivity index (χ0) is 19.7. The highest BCUT2D eigenvalue weighted by Gasteiger charge is 2.31. The van der Waals surface area contributed by atoms with Gasteiger partial charge in [-0.25, -0.2) is 4.98 Å². The number of piperidine rings is 1. The van der Waals surface area contributed by atoms with E-state index in [9.17, 15) is 4.79 Å². The van der Waals surface area contributed by atoms with Gasteiger partial charge in [-0.3, -0.25) is 4.79 Å². The lowest BCUT2D eigenvalue weighted by Crippen LogP contribution is -2.42. The molecule has 4 rings (SSSR count). The molecular formula is C21H32N6O. The van der Waals surface area contributed by atoms with Gasteiger partial charge in [-0.15, -0.1) is 10.2 Å². The molecule has 2 aliphatic heterocycles. The number of aromatic nitrogens is 5. The highest BCUT2D eigenvalue weighted by molar-refractivity contribution is 5.80. The maximum Gasteiger partial charge on any atom is 0.245 e. The van der Waals surface area contributed by atoms with Crippen molar-refractivity contribution in [2.24, 2.45) is 0 Å². The Labute approximate surface area is 167 Å². The fourth-order valence-corrected chi connectivity index (χ4v) is 4.65. The number of imidazole rings is 1. The molecular weight excluding hydrogens is 352 g/mol. The van der Waals surface area contributed by atoms with Crippen molar-refractivity contribution in [2.45, 2.75) is 83.7 Å². The van der Waals surface area contributed by atoms with Gasteiger partial charge in [-0.1, -0.05) is 20.3 Å². The summed E-state index contributed by atoms with van der Waals surface area (Å²) in [5.74, 6) is 4.19. The molecule has 0 N–H and O–H groups in total. The van der Waals surface area contributed by atoms with Crippen molar-refractivity contribution in [2.75, 3.05) is 13.1 Å². The summed E-state index contributed by atoms with van der Waals surface area (Å²) in [6.07, 6.45) is 10.4. The molecule has 2 aromatic rings. The van der Waals surface area contributed by atoms with Crippen molar-refractivity contribution >= 4 is 5.91 Å². The van der Waals surface area contributed by atoms with Gasteiger partial charge in [0.15, 0.2) is 0 Å². The first-order valence-corrected chi connectivity index (χ1v) is 10.8. The molecule has 0 aromatic carbocycles. The lowest BCUT2D eigenvalue weighted by molar-refractivity contribution is -0.135. The molecule has 1 unspecified atom stereocenters. The number of carbonyl (C=O) groups excluding carboxylic acids is 1. The molecule has 1 saturated heterocycles. The predicted molar refractivity (Wildman–Crippen MR) is 107 cm³/mol. The van der Waals surface area contributed by atoms with Crippen LogP contribution >= 0.6 is 0 Å². The minimum atomic E-state index is -0.208. The molecule has 1 atom stereocenters. The highest BCUT2D eigenvalue weighted by atomic mass is 16.2. The molecule has 0 saturated carbocycles. The van der Waals surface area contributed by atoms with Crippen molar-refractivity contribution < 1.29 is 4.79 Å². The zero-order valence-electron chi connectivity index (χ0n) is 17.3. The summed E-state index contributed by atoms with van der Waals surface area (Å²) in [5, 5.41) is 8.99. The van der Waals surface area contributed by atoms with Gasteiger partial charge in [-0.2, -0.15) is 0 Å². The number of hydrogen-bond acceptors (Lipinski definition) is 4. The first-order chi connectivity index (χ1) is 13.6. The average Bonchev–Trinajstić information content (AvgIpc) is 3.29.